The molecule has 4 rings (SSSR count). The molecule has 2 N–H and O–H groups in total. The summed E-state index contributed by atoms with van der Waals surface area (Å²) >= 11 is 0. The topological polar surface area (TPSA) is 112 Å². The van der Waals surface area contributed by atoms with Gasteiger partial charge in [-0.3, -0.25) is 5.10 Å². The highest BCUT2D eigenvalue weighted by molar-refractivity contribution is 5.71. The third kappa shape index (κ3) is 5.66. The van der Waals surface area contributed by atoms with Crippen LogP contribution in [0.1, 0.15) is 37.9 Å². The molecule has 0 saturated carbocycles. The second-order valence-corrected chi connectivity index (χ2v) is 8.37. The summed E-state index contributed by atoms with van der Waals surface area (Å²) in [5.74, 6) is 1.84. The van der Waals surface area contributed by atoms with E-state index in [-0.39, 0.29) is 5.69 Å². The smallest absolute Gasteiger partial charge is 0.158 e. The maximum Gasteiger partial charge on any atom is 0.158 e. The third-order valence-corrected chi connectivity index (χ3v) is 5.85. The van der Waals surface area contributed by atoms with Crippen molar-refractivity contribution in [3.05, 3.63) is 47.9 Å². The largest absolute Gasteiger partial charge is 0.496 e. The first-order chi connectivity index (χ1) is 16.1. The number of nitriles is 1. The average Bonchev–Trinajstić information content (AvgIpc) is 3.31. The molecule has 0 bridgehead atoms. The molecule has 0 spiro atoms. The molecular formula is C24H29N7O2. The van der Waals surface area contributed by atoms with Crippen LogP contribution in [0.4, 0.5) is 11.6 Å². The van der Waals surface area contributed by atoms with Gasteiger partial charge in [0.05, 0.1) is 37.9 Å². The molecule has 9 nitrogen and oxygen atoms in total. The fourth-order valence-corrected chi connectivity index (χ4v) is 3.93. The van der Waals surface area contributed by atoms with Gasteiger partial charge in [0.2, 0.25) is 0 Å². The minimum absolute atomic E-state index is 0.262. The van der Waals surface area contributed by atoms with Gasteiger partial charge >= 0.3 is 0 Å². The summed E-state index contributed by atoms with van der Waals surface area (Å²) in [6, 6.07) is 10.5. The molecule has 3 aromatic rings. The van der Waals surface area contributed by atoms with E-state index >= 15 is 0 Å². The zero-order valence-corrected chi connectivity index (χ0v) is 19.2. The summed E-state index contributed by atoms with van der Waals surface area (Å²) in [5, 5.41) is 19.2. The second-order valence-electron chi connectivity index (χ2n) is 8.37. The van der Waals surface area contributed by atoms with Crippen molar-refractivity contribution in [1.82, 2.24) is 25.1 Å². The van der Waals surface area contributed by atoms with Crippen LogP contribution >= 0.6 is 0 Å². The highest BCUT2D eigenvalue weighted by Crippen LogP contribution is 2.31. The number of rotatable bonds is 8. The first kappa shape index (κ1) is 22.7. The lowest BCUT2D eigenvalue weighted by Crippen LogP contribution is -2.40. The fourth-order valence-electron chi connectivity index (χ4n) is 3.93. The van der Waals surface area contributed by atoms with E-state index in [9.17, 15) is 0 Å². The van der Waals surface area contributed by atoms with E-state index in [0.29, 0.717) is 30.4 Å². The molecular weight excluding hydrogens is 418 g/mol. The van der Waals surface area contributed by atoms with Gasteiger partial charge in [-0.1, -0.05) is 6.07 Å². The van der Waals surface area contributed by atoms with Gasteiger partial charge in [-0.25, -0.2) is 9.97 Å². The third-order valence-electron chi connectivity index (χ3n) is 5.85. The Hall–Kier alpha value is -3.48. The quantitative estimate of drug-likeness (QED) is 0.535. The highest BCUT2D eigenvalue weighted by Gasteiger charge is 2.21. The molecule has 33 heavy (non-hydrogen) atoms. The van der Waals surface area contributed by atoms with Crippen molar-refractivity contribution in [2.45, 2.75) is 45.4 Å². The Morgan fingerprint density at radius 1 is 1.18 bits per heavy atom. The monoisotopic (exact) mass is 447 g/mol. The van der Waals surface area contributed by atoms with Crippen LogP contribution in [-0.2, 0) is 11.3 Å². The van der Waals surface area contributed by atoms with E-state index in [1.54, 1.807) is 7.11 Å². The summed E-state index contributed by atoms with van der Waals surface area (Å²) in [7, 11) is 1.66. The standard InChI is InChI=1S/C24H29N7O2/c1-16(2)31-8-6-19(7-9-31)33-15-17-4-5-20(22(10-17)32-3)21-11-23(30-29-21)28-24-14-26-18(12-25)13-27-24/h4-5,10-11,13-14,16,19H,6-9,15H2,1-3H3,(H2,27,28,29,30). The lowest BCUT2D eigenvalue weighted by Gasteiger charge is -2.34. The first-order valence-electron chi connectivity index (χ1n) is 11.1. The number of nitrogens with one attached hydrogen (secondary N) is 2. The molecule has 1 aliphatic rings. The van der Waals surface area contributed by atoms with Gasteiger partial charge in [0.25, 0.3) is 0 Å². The second kappa shape index (κ2) is 10.4. The molecule has 0 atom stereocenters. The Kier molecular flexibility index (Phi) is 7.17. The van der Waals surface area contributed by atoms with Crippen LogP contribution in [-0.4, -0.2) is 57.4 Å². The SMILES string of the molecule is COc1cc(COC2CCN(C(C)C)CC2)ccc1-c1cc(Nc2cnc(C#N)cn2)n[nH]1. The molecule has 0 amide bonds. The Bertz CT molecular complexity index is 1100. The molecule has 0 unspecified atom stereocenters. The number of piperidine rings is 1. The van der Waals surface area contributed by atoms with Crippen LogP contribution in [0.5, 0.6) is 5.75 Å². The molecule has 2 aromatic heterocycles. The molecule has 3 heterocycles. The van der Waals surface area contributed by atoms with Crippen LogP contribution in [0.25, 0.3) is 11.3 Å². The van der Waals surface area contributed by atoms with Crippen LogP contribution < -0.4 is 10.1 Å². The number of aromatic amines is 1. The minimum atomic E-state index is 0.262. The van der Waals surface area contributed by atoms with Gasteiger partial charge in [-0.15, -0.1) is 0 Å². The van der Waals surface area contributed by atoms with Crippen molar-refractivity contribution < 1.29 is 9.47 Å². The summed E-state index contributed by atoms with van der Waals surface area (Å²) in [6.07, 6.45) is 5.35. The Labute approximate surface area is 193 Å². The number of nitrogens with zero attached hydrogens (tertiary/aromatic N) is 5. The number of anilines is 2. The Morgan fingerprint density at radius 3 is 2.67 bits per heavy atom. The molecule has 1 aromatic carbocycles. The molecule has 1 fully saturated rings. The van der Waals surface area contributed by atoms with Crippen LogP contribution in [0.2, 0.25) is 0 Å². The van der Waals surface area contributed by atoms with Gasteiger partial charge in [0.1, 0.15) is 17.6 Å². The predicted octanol–water partition coefficient (Wildman–Crippen LogP) is 3.88. The van der Waals surface area contributed by atoms with Crippen molar-refractivity contribution in [1.29, 1.82) is 5.26 Å². The van der Waals surface area contributed by atoms with E-state index < -0.39 is 0 Å². The van der Waals surface area contributed by atoms with E-state index in [1.807, 2.05) is 24.3 Å². The maximum atomic E-state index is 8.83. The highest BCUT2D eigenvalue weighted by atomic mass is 16.5. The summed E-state index contributed by atoms with van der Waals surface area (Å²) in [4.78, 5) is 10.7. The number of hydrogen-bond acceptors (Lipinski definition) is 8. The van der Waals surface area contributed by atoms with E-state index in [0.717, 1.165) is 48.5 Å². The number of ether oxygens (including phenoxy) is 2. The first-order valence-corrected chi connectivity index (χ1v) is 11.1. The number of benzene rings is 1. The minimum Gasteiger partial charge on any atom is -0.496 e. The fraction of sp³-hybridized carbons (Fsp3) is 0.417. The molecule has 9 heteroatoms. The van der Waals surface area contributed by atoms with Gasteiger partial charge in [0, 0.05) is 30.8 Å². The van der Waals surface area contributed by atoms with E-state index in [4.69, 9.17) is 14.7 Å². The number of methoxy groups -OCH3 is 1. The zero-order valence-electron chi connectivity index (χ0n) is 19.2. The summed E-state index contributed by atoms with van der Waals surface area (Å²) in [6.45, 7) is 7.24. The number of likely N-dealkylation sites (tertiary alicyclic amines) is 1. The molecule has 1 aliphatic heterocycles. The van der Waals surface area contributed by atoms with Crippen LogP contribution in [0, 0.1) is 11.3 Å². The molecule has 1 saturated heterocycles. The lowest BCUT2D eigenvalue weighted by atomic mass is 10.1. The van der Waals surface area contributed by atoms with Crippen molar-refractivity contribution in [2.75, 3.05) is 25.5 Å². The van der Waals surface area contributed by atoms with Crippen molar-refractivity contribution in [3.8, 4) is 23.1 Å². The molecule has 0 radical (unpaired) electrons. The van der Waals surface area contributed by atoms with Gasteiger partial charge < -0.3 is 19.7 Å². The lowest BCUT2D eigenvalue weighted by molar-refractivity contribution is -0.00806. The van der Waals surface area contributed by atoms with Crippen molar-refractivity contribution in [2.24, 2.45) is 0 Å². The van der Waals surface area contributed by atoms with Gasteiger partial charge in [0.15, 0.2) is 11.5 Å². The summed E-state index contributed by atoms with van der Waals surface area (Å²) in [5.41, 5.74) is 3.05. The van der Waals surface area contributed by atoms with Gasteiger partial charge in [-0.05, 0) is 44.4 Å². The normalized spacial score (nSPS) is 14.9. The number of H-pyrrole nitrogens is 1. The predicted molar refractivity (Wildman–Crippen MR) is 125 cm³/mol. The van der Waals surface area contributed by atoms with Crippen LogP contribution in [0.15, 0.2) is 36.7 Å². The average molecular weight is 448 g/mol. The summed E-state index contributed by atoms with van der Waals surface area (Å²) < 4.78 is 11.8. The Morgan fingerprint density at radius 2 is 2.00 bits per heavy atom. The molecule has 0 aliphatic carbocycles. The van der Waals surface area contributed by atoms with Crippen LogP contribution in [0.3, 0.4) is 0 Å². The Balaban J connectivity index is 1.38. The van der Waals surface area contributed by atoms with Crippen molar-refractivity contribution >= 4 is 11.6 Å². The maximum absolute atomic E-state index is 8.83. The van der Waals surface area contributed by atoms with Gasteiger partial charge in [-0.2, -0.15) is 10.4 Å². The number of hydrogen-bond donors (Lipinski definition) is 2. The van der Waals surface area contributed by atoms with Crippen molar-refractivity contribution in [3.63, 3.8) is 0 Å². The van der Waals surface area contributed by atoms with E-state index in [1.165, 1.54) is 12.4 Å². The number of aromatic nitrogens is 4. The van der Waals surface area contributed by atoms with E-state index in [2.05, 4.69) is 50.3 Å². The molecule has 172 valence electrons. The zero-order chi connectivity index (χ0) is 23.2.